The van der Waals surface area contributed by atoms with E-state index in [0.717, 1.165) is 10.0 Å². The minimum Gasteiger partial charge on any atom is -0.370 e. The second-order valence-corrected chi connectivity index (χ2v) is 6.46. The van der Waals surface area contributed by atoms with Crippen molar-refractivity contribution >= 4 is 21.8 Å². The summed E-state index contributed by atoms with van der Waals surface area (Å²) in [6.07, 6.45) is -0.0585. The number of hydrogen-bond donors (Lipinski definition) is 0. The number of ether oxygens (including phenoxy) is 1. The van der Waals surface area contributed by atoms with Gasteiger partial charge in [-0.25, -0.2) is 0 Å². The van der Waals surface area contributed by atoms with E-state index < -0.39 is 0 Å². The van der Waals surface area contributed by atoms with Gasteiger partial charge in [-0.2, -0.15) is 0 Å². The highest BCUT2D eigenvalue weighted by Crippen LogP contribution is 2.26. The molecule has 2 aromatic rings. The summed E-state index contributed by atoms with van der Waals surface area (Å²) in [5, 5.41) is 0. The highest BCUT2D eigenvalue weighted by atomic mass is 79.9. The Morgan fingerprint density at radius 2 is 1.82 bits per heavy atom. The van der Waals surface area contributed by atoms with Gasteiger partial charge in [0.25, 0.3) is 5.91 Å². The summed E-state index contributed by atoms with van der Waals surface area (Å²) < 4.78 is 6.88. The van der Waals surface area contributed by atoms with E-state index in [1.54, 1.807) is 0 Å². The van der Waals surface area contributed by atoms with Crippen molar-refractivity contribution in [3.05, 3.63) is 70.2 Å². The number of morpholine rings is 1. The molecule has 3 rings (SSSR count). The van der Waals surface area contributed by atoms with Gasteiger partial charge in [0.15, 0.2) is 0 Å². The molecule has 1 aliphatic rings. The van der Waals surface area contributed by atoms with Crippen LogP contribution >= 0.6 is 15.9 Å². The maximum Gasteiger partial charge on any atom is 0.254 e. The minimum atomic E-state index is -0.0585. The zero-order valence-electron chi connectivity index (χ0n) is 12.4. The maximum atomic E-state index is 12.8. The number of hydrogen-bond acceptors (Lipinski definition) is 2. The standard InChI is InChI=1S/C18H18BrNO2/c1-13-12-22-17(14-5-3-2-4-6-14)11-20(13)18(21)15-7-9-16(19)10-8-15/h2-10,13,17H,11-12H2,1H3. The Hall–Kier alpha value is -1.65. The lowest BCUT2D eigenvalue weighted by Crippen LogP contribution is -2.48. The molecule has 2 atom stereocenters. The molecule has 0 bridgehead atoms. The topological polar surface area (TPSA) is 29.5 Å². The maximum absolute atomic E-state index is 12.8. The molecule has 0 spiro atoms. The lowest BCUT2D eigenvalue weighted by atomic mass is 10.0. The first kappa shape index (κ1) is 15.3. The summed E-state index contributed by atoms with van der Waals surface area (Å²) in [6, 6.07) is 17.6. The summed E-state index contributed by atoms with van der Waals surface area (Å²) in [5.74, 6) is 0.0595. The van der Waals surface area contributed by atoms with Crippen LogP contribution in [0.5, 0.6) is 0 Å². The predicted molar refractivity (Wildman–Crippen MR) is 89.8 cm³/mol. The lowest BCUT2D eigenvalue weighted by Gasteiger charge is -2.38. The third-order valence-corrected chi connectivity index (χ3v) is 4.49. The first-order valence-electron chi connectivity index (χ1n) is 7.38. The van der Waals surface area contributed by atoms with Crippen LogP contribution in [0.1, 0.15) is 28.9 Å². The van der Waals surface area contributed by atoms with Crippen molar-refractivity contribution in [1.29, 1.82) is 0 Å². The van der Waals surface area contributed by atoms with Crippen LogP contribution < -0.4 is 0 Å². The number of benzene rings is 2. The third-order valence-electron chi connectivity index (χ3n) is 3.96. The van der Waals surface area contributed by atoms with Crippen molar-refractivity contribution in [3.63, 3.8) is 0 Å². The summed E-state index contributed by atoms with van der Waals surface area (Å²) in [7, 11) is 0. The molecule has 0 aromatic heterocycles. The molecule has 1 aliphatic heterocycles. The molecule has 1 heterocycles. The summed E-state index contributed by atoms with van der Waals surface area (Å²) in [6.45, 7) is 3.17. The monoisotopic (exact) mass is 359 g/mol. The SMILES string of the molecule is CC1COC(c2ccccc2)CN1C(=O)c1ccc(Br)cc1. The van der Waals surface area contributed by atoms with Gasteiger partial charge in [0, 0.05) is 10.0 Å². The van der Waals surface area contributed by atoms with E-state index in [4.69, 9.17) is 4.74 Å². The number of carbonyl (C=O) groups is 1. The van der Waals surface area contributed by atoms with Crippen LogP contribution in [0.25, 0.3) is 0 Å². The van der Waals surface area contributed by atoms with Crippen molar-refractivity contribution in [2.75, 3.05) is 13.2 Å². The van der Waals surface area contributed by atoms with Crippen molar-refractivity contribution in [2.24, 2.45) is 0 Å². The molecule has 2 unspecified atom stereocenters. The van der Waals surface area contributed by atoms with Crippen molar-refractivity contribution in [2.45, 2.75) is 19.1 Å². The summed E-state index contributed by atoms with van der Waals surface area (Å²) in [5.41, 5.74) is 1.83. The van der Waals surface area contributed by atoms with E-state index in [9.17, 15) is 4.79 Å². The molecule has 114 valence electrons. The predicted octanol–water partition coefficient (Wildman–Crippen LogP) is 4.05. The molecule has 1 saturated heterocycles. The molecule has 0 radical (unpaired) electrons. The minimum absolute atomic E-state index is 0.0585. The van der Waals surface area contributed by atoms with E-state index in [1.165, 1.54) is 0 Å². The second kappa shape index (κ2) is 6.63. The van der Waals surface area contributed by atoms with Crippen molar-refractivity contribution < 1.29 is 9.53 Å². The molecule has 3 nitrogen and oxygen atoms in total. The summed E-state index contributed by atoms with van der Waals surface area (Å²) >= 11 is 3.40. The van der Waals surface area contributed by atoms with Crippen LogP contribution in [0.2, 0.25) is 0 Å². The van der Waals surface area contributed by atoms with Gasteiger partial charge in [-0.3, -0.25) is 4.79 Å². The normalized spacial score (nSPS) is 21.6. The van der Waals surface area contributed by atoms with Crippen LogP contribution in [-0.4, -0.2) is 30.0 Å². The van der Waals surface area contributed by atoms with E-state index >= 15 is 0 Å². The molecule has 4 heteroatoms. The first-order valence-corrected chi connectivity index (χ1v) is 8.17. The molecule has 1 amide bonds. The van der Waals surface area contributed by atoms with Crippen LogP contribution in [0.15, 0.2) is 59.1 Å². The zero-order valence-corrected chi connectivity index (χ0v) is 14.0. The molecular formula is C18H18BrNO2. The fourth-order valence-electron chi connectivity index (χ4n) is 2.67. The fourth-order valence-corrected chi connectivity index (χ4v) is 2.93. The van der Waals surface area contributed by atoms with Crippen LogP contribution in [0.4, 0.5) is 0 Å². The molecule has 0 saturated carbocycles. The fraction of sp³-hybridized carbons (Fsp3) is 0.278. The molecule has 0 aliphatic carbocycles. The number of rotatable bonds is 2. The van der Waals surface area contributed by atoms with Gasteiger partial charge in [0.05, 0.1) is 19.2 Å². The van der Waals surface area contributed by atoms with Gasteiger partial charge in [-0.15, -0.1) is 0 Å². The highest BCUT2D eigenvalue weighted by Gasteiger charge is 2.30. The van der Waals surface area contributed by atoms with E-state index in [1.807, 2.05) is 66.4 Å². The zero-order chi connectivity index (χ0) is 15.5. The average molecular weight is 360 g/mol. The van der Waals surface area contributed by atoms with Gasteiger partial charge < -0.3 is 9.64 Å². The van der Waals surface area contributed by atoms with Gasteiger partial charge in [0.1, 0.15) is 6.10 Å². The Kier molecular flexibility index (Phi) is 4.60. The molecule has 2 aromatic carbocycles. The van der Waals surface area contributed by atoms with Gasteiger partial charge in [0.2, 0.25) is 0 Å². The van der Waals surface area contributed by atoms with Gasteiger partial charge in [-0.05, 0) is 36.8 Å². The largest absolute Gasteiger partial charge is 0.370 e. The van der Waals surface area contributed by atoms with Crippen LogP contribution in [0, 0.1) is 0 Å². The smallest absolute Gasteiger partial charge is 0.254 e. The molecule has 22 heavy (non-hydrogen) atoms. The summed E-state index contributed by atoms with van der Waals surface area (Å²) in [4.78, 5) is 14.7. The van der Waals surface area contributed by atoms with Crippen molar-refractivity contribution in [1.82, 2.24) is 4.90 Å². The van der Waals surface area contributed by atoms with E-state index in [2.05, 4.69) is 15.9 Å². The lowest BCUT2D eigenvalue weighted by molar-refractivity contribution is -0.0486. The van der Waals surface area contributed by atoms with Crippen molar-refractivity contribution in [3.8, 4) is 0 Å². The Labute approximate surface area is 139 Å². The van der Waals surface area contributed by atoms with E-state index in [0.29, 0.717) is 18.7 Å². The van der Waals surface area contributed by atoms with E-state index in [-0.39, 0.29) is 18.1 Å². The third kappa shape index (κ3) is 3.23. The van der Waals surface area contributed by atoms with Crippen LogP contribution in [-0.2, 0) is 4.74 Å². The second-order valence-electron chi connectivity index (χ2n) is 5.55. The Morgan fingerprint density at radius 1 is 1.14 bits per heavy atom. The Balaban J connectivity index is 1.79. The van der Waals surface area contributed by atoms with Crippen LogP contribution in [0.3, 0.4) is 0 Å². The molecular weight excluding hydrogens is 342 g/mol. The first-order chi connectivity index (χ1) is 10.6. The molecule has 0 N–H and O–H groups in total. The average Bonchev–Trinajstić information content (AvgIpc) is 2.56. The quantitative estimate of drug-likeness (QED) is 0.809. The number of amides is 1. The number of halogens is 1. The molecule has 1 fully saturated rings. The number of nitrogens with zero attached hydrogens (tertiary/aromatic N) is 1. The highest BCUT2D eigenvalue weighted by molar-refractivity contribution is 9.10. The van der Waals surface area contributed by atoms with Gasteiger partial charge in [-0.1, -0.05) is 46.3 Å². The van der Waals surface area contributed by atoms with Gasteiger partial charge >= 0.3 is 0 Å². The Bertz CT molecular complexity index is 642. The Morgan fingerprint density at radius 3 is 2.50 bits per heavy atom. The number of carbonyl (C=O) groups excluding carboxylic acids is 1.